The third-order valence-corrected chi connectivity index (χ3v) is 8.44. The smallest absolute Gasteiger partial charge is 0.250 e. The highest BCUT2D eigenvalue weighted by atomic mass is 16.3. The first-order valence-electron chi connectivity index (χ1n) is 14.9. The van der Waals surface area contributed by atoms with E-state index in [9.17, 15) is 34.5 Å². The third kappa shape index (κ3) is 7.19. The highest BCUT2D eigenvalue weighted by molar-refractivity contribution is 6.15. The first-order chi connectivity index (χ1) is 20.5. The number of carbonyl (C=O) groups excluding carboxylic acids is 4. The van der Waals surface area contributed by atoms with Gasteiger partial charge in [-0.05, 0) is 58.6 Å². The van der Waals surface area contributed by atoms with Crippen LogP contribution in [0.25, 0.3) is 0 Å². The first-order valence-corrected chi connectivity index (χ1v) is 14.9. The van der Waals surface area contributed by atoms with E-state index in [1.54, 1.807) is 30.3 Å². The van der Waals surface area contributed by atoms with Crippen LogP contribution in [0.1, 0.15) is 64.0 Å². The van der Waals surface area contributed by atoms with Crippen LogP contribution < -0.4 is 0 Å². The Morgan fingerprint density at radius 1 is 0.860 bits per heavy atom. The van der Waals surface area contributed by atoms with Crippen molar-refractivity contribution in [1.29, 1.82) is 0 Å². The highest BCUT2D eigenvalue weighted by Gasteiger charge is 2.44. The Labute approximate surface area is 252 Å². The molecule has 230 valence electrons. The van der Waals surface area contributed by atoms with Gasteiger partial charge in [0.15, 0.2) is 11.8 Å². The van der Waals surface area contributed by atoms with Crippen LogP contribution in [-0.4, -0.2) is 97.6 Å². The number of phenolic OH excluding ortho intramolecular Hbond substituents is 1. The minimum absolute atomic E-state index is 0.0246. The number of nitrogens with zero attached hydrogens (tertiary/aromatic N) is 3. The van der Waals surface area contributed by atoms with Crippen LogP contribution in [0.4, 0.5) is 0 Å². The number of aliphatic imine (C=N–C) groups is 1. The van der Waals surface area contributed by atoms with Crippen molar-refractivity contribution in [3.05, 3.63) is 65.7 Å². The molecule has 10 heteroatoms. The van der Waals surface area contributed by atoms with E-state index >= 15 is 0 Å². The molecule has 3 N–H and O–H groups in total. The van der Waals surface area contributed by atoms with Gasteiger partial charge in [-0.1, -0.05) is 42.5 Å². The van der Waals surface area contributed by atoms with Crippen LogP contribution in [0, 0.1) is 5.92 Å². The van der Waals surface area contributed by atoms with Crippen molar-refractivity contribution in [3.8, 4) is 5.75 Å². The summed E-state index contributed by atoms with van der Waals surface area (Å²) < 4.78 is 0. The maximum atomic E-state index is 14.0. The molecule has 4 rings (SSSR count). The van der Waals surface area contributed by atoms with E-state index in [0.717, 1.165) is 0 Å². The number of ketones is 2. The van der Waals surface area contributed by atoms with Crippen LogP contribution in [0.5, 0.6) is 5.75 Å². The number of aliphatic hydroxyl groups is 2. The summed E-state index contributed by atoms with van der Waals surface area (Å²) in [5.41, 5.74) is 1.39. The molecule has 2 amide bonds. The van der Waals surface area contributed by atoms with Gasteiger partial charge < -0.3 is 25.1 Å². The second-order valence-corrected chi connectivity index (χ2v) is 11.6. The molecule has 2 heterocycles. The van der Waals surface area contributed by atoms with Gasteiger partial charge in [0.2, 0.25) is 5.91 Å². The fourth-order valence-corrected chi connectivity index (χ4v) is 6.10. The molecule has 2 aliphatic rings. The topological polar surface area (TPSA) is 148 Å². The zero-order valence-electron chi connectivity index (χ0n) is 24.9. The molecule has 2 fully saturated rings. The maximum absolute atomic E-state index is 14.0. The average Bonchev–Trinajstić information content (AvgIpc) is 3.67. The molecule has 0 bridgehead atoms. The van der Waals surface area contributed by atoms with Crippen molar-refractivity contribution in [2.75, 3.05) is 13.1 Å². The molecule has 43 heavy (non-hydrogen) atoms. The lowest BCUT2D eigenvalue weighted by atomic mass is 9.90. The van der Waals surface area contributed by atoms with E-state index in [1.165, 1.54) is 36.6 Å². The van der Waals surface area contributed by atoms with Gasteiger partial charge in [0.25, 0.3) is 5.91 Å². The zero-order valence-corrected chi connectivity index (χ0v) is 24.9. The summed E-state index contributed by atoms with van der Waals surface area (Å²) in [5, 5.41) is 31.4. The molecule has 6 atom stereocenters. The molecule has 2 aromatic carbocycles. The molecule has 10 nitrogen and oxygen atoms in total. The molecule has 0 aliphatic carbocycles. The number of Topliss-reactive ketones (excluding diaryl/α,β-unsaturated/α-hetero) is 2. The molecular formula is C33H41N3O7. The van der Waals surface area contributed by atoms with Crippen LogP contribution >= 0.6 is 0 Å². The lowest BCUT2D eigenvalue weighted by molar-refractivity contribution is -0.148. The summed E-state index contributed by atoms with van der Waals surface area (Å²) in [6.45, 7) is 4.94. The summed E-state index contributed by atoms with van der Waals surface area (Å²) in [7, 11) is 0. The van der Waals surface area contributed by atoms with E-state index in [0.29, 0.717) is 55.6 Å². The number of benzene rings is 2. The zero-order chi connectivity index (χ0) is 31.3. The van der Waals surface area contributed by atoms with Gasteiger partial charge in [0.1, 0.15) is 17.6 Å². The van der Waals surface area contributed by atoms with Crippen molar-refractivity contribution < 1.29 is 34.5 Å². The number of para-hydroxylation sites is 1. The largest absolute Gasteiger partial charge is 0.507 e. The number of hydrogen-bond donors (Lipinski definition) is 3. The monoisotopic (exact) mass is 591 g/mol. The Morgan fingerprint density at radius 2 is 1.47 bits per heavy atom. The summed E-state index contributed by atoms with van der Waals surface area (Å²) in [5.74, 6) is -2.26. The molecule has 0 spiro atoms. The molecule has 2 aliphatic heterocycles. The minimum Gasteiger partial charge on any atom is -0.507 e. The van der Waals surface area contributed by atoms with Crippen molar-refractivity contribution >= 4 is 29.1 Å². The minimum atomic E-state index is -1.25. The first kappa shape index (κ1) is 32.0. The second-order valence-electron chi connectivity index (χ2n) is 11.6. The average molecular weight is 592 g/mol. The molecule has 0 radical (unpaired) electrons. The number of phenols is 1. The van der Waals surface area contributed by atoms with E-state index in [1.807, 2.05) is 18.2 Å². The number of hydrogen-bond acceptors (Lipinski definition) is 8. The number of carbonyl (C=O) groups is 4. The van der Waals surface area contributed by atoms with Gasteiger partial charge in [-0.2, -0.15) is 0 Å². The SMILES string of the molecule is CC(=O)[C@@H](CC(=O)[C@@H]1CCCN1C(=O)[C@@H]1CCCN1C(=O)[C@@H](N=C(c1ccccc1)c1ccccc1O)[C@@H](C)O)[C@@H](C)O. The molecule has 0 aromatic heterocycles. The predicted octanol–water partition coefficient (Wildman–Crippen LogP) is 2.51. The number of rotatable bonds is 11. The molecule has 2 aromatic rings. The van der Waals surface area contributed by atoms with E-state index in [4.69, 9.17) is 4.99 Å². The second kappa shape index (κ2) is 14.1. The Kier molecular flexibility index (Phi) is 10.5. The van der Waals surface area contributed by atoms with Crippen LogP contribution in [0.15, 0.2) is 59.6 Å². The normalized spacial score (nSPS) is 21.7. The predicted molar refractivity (Wildman–Crippen MR) is 161 cm³/mol. The highest BCUT2D eigenvalue weighted by Crippen LogP contribution is 2.29. The molecule has 2 saturated heterocycles. The molecule has 0 saturated carbocycles. The van der Waals surface area contributed by atoms with Gasteiger partial charge in [-0.15, -0.1) is 0 Å². The Bertz CT molecular complexity index is 1360. The van der Waals surface area contributed by atoms with Gasteiger partial charge in [-0.3, -0.25) is 24.2 Å². The lowest BCUT2D eigenvalue weighted by Crippen LogP contribution is -2.54. The van der Waals surface area contributed by atoms with Crippen LogP contribution in [0.2, 0.25) is 0 Å². The van der Waals surface area contributed by atoms with Crippen molar-refractivity contribution in [2.24, 2.45) is 10.9 Å². The Morgan fingerprint density at radius 3 is 2.07 bits per heavy atom. The van der Waals surface area contributed by atoms with Crippen molar-refractivity contribution in [1.82, 2.24) is 9.80 Å². The summed E-state index contributed by atoms with van der Waals surface area (Å²) in [6, 6.07) is 12.9. The van der Waals surface area contributed by atoms with Gasteiger partial charge in [0.05, 0.1) is 24.0 Å². The standard InChI is InChI=1S/C33H41N3O7/c1-20(37)25(21(2)38)19-29(41)26-14-9-17-35(26)32(42)27-15-10-18-36(27)33(43)30(22(3)39)34-31(23-11-5-4-6-12-23)24-13-7-8-16-28(24)40/h4-8,11-13,16,20,22,25-27,30,37,39-40H,9-10,14-15,17-19H2,1-3H3/t20-,22-,25+,26+,27+,30+/m1/s1. The van der Waals surface area contributed by atoms with E-state index < -0.39 is 42.2 Å². The number of aromatic hydroxyl groups is 1. The summed E-state index contributed by atoms with van der Waals surface area (Å²) >= 11 is 0. The fraction of sp³-hybridized carbons (Fsp3) is 0.485. The van der Waals surface area contributed by atoms with E-state index in [2.05, 4.69) is 0 Å². The summed E-state index contributed by atoms with van der Waals surface area (Å²) in [4.78, 5) is 60.7. The van der Waals surface area contributed by atoms with Crippen LogP contribution in [-0.2, 0) is 19.2 Å². The van der Waals surface area contributed by atoms with E-state index in [-0.39, 0.29) is 29.6 Å². The van der Waals surface area contributed by atoms with Gasteiger partial charge in [0, 0.05) is 36.6 Å². The van der Waals surface area contributed by atoms with Gasteiger partial charge >= 0.3 is 0 Å². The third-order valence-electron chi connectivity index (χ3n) is 8.44. The lowest BCUT2D eigenvalue weighted by Gasteiger charge is -2.33. The Balaban J connectivity index is 1.60. The fourth-order valence-electron chi connectivity index (χ4n) is 6.10. The quantitative estimate of drug-likeness (QED) is 0.340. The molecule has 0 unspecified atom stereocenters. The number of likely N-dealkylation sites (tertiary alicyclic amines) is 2. The maximum Gasteiger partial charge on any atom is 0.250 e. The Hall–Kier alpha value is -3.89. The summed E-state index contributed by atoms with van der Waals surface area (Å²) in [6.07, 6.45) is -0.273. The van der Waals surface area contributed by atoms with Gasteiger partial charge in [-0.25, -0.2) is 0 Å². The number of aliphatic hydroxyl groups excluding tert-OH is 2. The van der Waals surface area contributed by atoms with Crippen molar-refractivity contribution in [3.63, 3.8) is 0 Å². The van der Waals surface area contributed by atoms with Crippen molar-refractivity contribution in [2.45, 2.75) is 83.2 Å². The van der Waals surface area contributed by atoms with Crippen LogP contribution in [0.3, 0.4) is 0 Å². The molecular weight excluding hydrogens is 550 g/mol. The number of amides is 2.